The van der Waals surface area contributed by atoms with Crippen LogP contribution in [0.2, 0.25) is 0 Å². The number of fused-ring (bicyclic) bond motifs is 1. The first kappa shape index (κ1) is 9.01. The normalized spacial score (nSPS) is 11.0. The predicted octanol–water partition coefficient (Wildman–Crippen LogP) is 0.371. The average Bonchev–Trinajstić information content (AvgIpc) is 2.39. The van der Waals surface area contributed by atoms with Crippen LogP contribution in [0.5, 0.6) is 0 Å². The number of nitrogens with zero attached hydrogens (tertiary/aromatic N) is 2. The Labute approximate surface area is 83.9 Å². The minimum Gasteiger partial charge on any atom is -0.368 e. The average molecular weight is 210 g/mol. The molecule has 74 valence electrons. The first-order chi connectivity index (χ1) is 6.52. The molecule has 0 saturated heterocycles. The lowest BCUT2D eigenvalue weighted by molar-refractivity contribution is 0.934. The third-order valence-electron chi connectivity index (χ3n) is 2.26. The third-order valence-corrected chi connectivity index (χ3v) is 3.36. The van der Waals surface area contributed by atoms with Crippen LogP contribution in [0.15, 0.2) is 4.79 Å². The molecular formula is C8H10N4OS. The molecule has 0 aliphatic carbocycles. The molecule has 0 aromatic carbocycles. The minimum absolute atomic E-state index is 0.0451. The fraction of sp³-hybridized carbons (Fsp3) is 0.250. The van der Waals surface area contributed by atoms with Gasteiger partial charge in [-0.3, -0.25) is 4.79 Å². The van der Waals surface area contributed by atoms with Crippen molar-refractivity contribution in [2.45, 2.75) is 13.8 Å². The van der Waals surface area contributed by atoms with Crippen LogP contribution >= 0.6 is 11.3 Å². The Bertz CT molecular complexity index is 569. The molecule has 0 atom stereocenters. The van der Waals surface area contributed by atoms with Crippen molar-refractivity contribution < 1.29 is 0 Å². The van der Waals surface area contributed by atoms with Crippen molar-refractivity contribution in [2.75, 3.05) is 11.6 Å². The van der Waals surface area contributed by atoms with Crippen molar-refractivity contribution >= 4 is 27.5 Å². The van der Waals surface area contributed by atoms with Crippen molar-refractivity contribution in [2.24, 2.45) is 0 Å². The number of aromatic nitrogens is 2. The molecule has 0 unspecified atom stereocenters. The van der Waals surface area contributed by atoms with E-state index in [4.69, 9.17) is 11.6 Å². The summed E-state index contributed by atoms with van der Waals surface area (Å²) in [6.07, 6.45) is 0. The molecule has 0 bridgehead atoms. The number of nitrogen functional groups attached to an aromatic ring is 2. The lowest BCUT2D eigenvalue weighted by atomic mass is 10.2. The largest absolute Gasteiger partial charge is 0.368 e. The van der Waals surface area contributed by atoms with Crippen molar-refractivity contribution in [3.05, 3.63) is 20.8 Å². The number of hydrogen-bond donors (Lipinski definition) is 2. The lowest BCUT2D eigenvalue weighted by Gasteiger charge is -2.01. The molecule has 0 aliphatic heterocycles. The Morgan fingerprint density at radius 2 is 2.07 bits per heavy atom. The second-order valence-corrected chi connectivity index (χ2v) is 4.31. The van der Waals surface area contributed by atoms with E-state index in [1.165, 1.54) is 11.3 Å². The second-order valence-electron chi connectivity index (χ2n) is 3.11. The Balaban J connectivity index is 3.07. The zero-order chi connectivity index (χ0) is 10.5. The van der Waals surface area contributed by atoms with E-state index in [-0.39, 0.29) is 11.5 Å². The summed E-state index contributed by atoms with van der Waals surface area (Å²) in [6, 6.07) is 0. The van der Waals surface area contributed by atoms with Crippen LogP contribution in [0.1, 0.15) is 10.4 Å². The van der Waals surface area contributed by atoms with Crippen molar-refractivity contribution in [1.82, 2.24) is 9.66 Å². The summed E-state index contributed by atoms with van der Waals surface area (Å²) in [5.41, 5.74) is 6.13. The molecule has 0 aliphatic rings. The highest BCUT2D eigenvalue weighted by atomic mass is 32.1. The molecule has 2 aromatic heterocycles. The van der Waals surface area contributed by atoms with Gasteiger partial charge in [-0.15, -0.1) is 11.3 Å². The van der Waals surface area contributed by atoms with Gasteiger partial charge in [-0.1, -0.05) is 0 Å². The predicted molar refractivity (Wildman–Crippen MR) is 57.9 cm³/mol. The molecule has 0 amide bonds. The van der Waals surface area contributed by atoms with Gasteiger partial charge in [0.1, 0.15) is 4.83 Å². The second kappa shape index (κ2) is 2.71. The van der Waals surface area contributed by atoms with E-state index >= 15 is 0 Å². The summed E-state index contributed by atoms with van der Waals surface area (Å²) < 4.78 is 0.876. The van der Waals surface area contributed by atoms with E-state index in [0.29, 0.717) is 10.2 Å². The van der Waals surface area contributed by atoms with Crippen molar-refractivity contribution in [3.8, 4) is 0 Å². The van der Waals surface area contributed by atoms with Crippen molar-refractivity contribution in [3.63, 3.8) is 0 Å². The van der Waals surface area contributed by atoms with Crippen LogP contribution in [0.3, 0.4) is 0 Å². The molecule has 0 spiro atoms. The van der Waals surface area contributed by atoms with Gasteiger partial charge in [-0.2, -0.15) is 4.68 Å². The number of nitrogens with two attached hydrogens (primary N) is 2. The first-order valence-electron chi connectivity index (χ1n) is 4.05. The minimum atomic E-state index is -0.283. The Morgan fingerprint density at radius 1 is 1.43 bits per heavy atom. The maximum atomic E-state index is 11.7. The summed E-state index contributed by atoms with van der Waals surface area (Å²) in [7, 11) is 0. The SMILES string of the molecule is Cc1sc2nc(N)n(N)c(=O)c2c1C. The van der Waals surface area contributed by atoms with E-state index < -0.39 is 0 Å². The highest BCUT2D eigenvalue weighted by Gasteiger charge is 2.13. The van der Waals surface area contributed by atoms with Gasteiger partial charge in [0.2, 0.25) is 5.95 Å². The van der Waals surface area contributed by atoms with Gasteiger partial charge >= 0.3 is 0 Å². The zero-order valence-electron chi connectivity index (χ0n) is 7.87. The maximum absolute atomic E-state index is 11.7. The number of thiophene rings is 1. The smallest absolute Gasteiger partial charge is 0.282 e. The van der Waals surface area contributed by atoms with Gasteiger partial charge < -0.3 is 11.6 Å². The van der Waals surface area contributed by atoms with E-state index in [1.807, 2.05) is 13.8 Å². The Hall–Kier alpha value is -1.56. The van der Waals surface area contributed by atoms with E-state index in [0.717, 1.165) is 15.1 Å². The van der Waals surface area contributed by atoms with Gasteiger partial charge in [-0.25, -0.2) is 4.98 Å². The van der Waals surface area contributed by atoms with Crippen LogP contribution in [-0.2, 0) is 0 Å². The van der Waals surface area contributed by atoms with Gasteiger partial charge in [-0.05, 0) is 19.4 Å². The third kappa shape index (κ3) is 1.00. The summed E-state index contributed by atoms with van der Waals surface area (Å²) >= 11 is 1.46. The molecular weight excluding hydrogens is 200 g/mol. The molecule has 14 heavy (non-hydrogen) atoms. The highest BCUT2D eigenvalue weighted by Crippen LogP contribution is 2.25. The Morgan fingerprint density at radius 3 is 2.71 bits per heavy atom. The van der Waals surface area contributed by atoms with Crippen LogP contribution < -0.4 is 17.1 Å². The van der Waals surface area contributed by atoms with E-state index in [9.17, 15) is 4.79 Å². The van der Waals surface area contributed by atoms with E-state index in [1.54, 1.807) is 0 Å². The van der Waals surface area contributed by atoms with Crippen LogP contribution in [0.4, 0.5) is 5.95 Å². The summed E-state index contributed by atoms with van der Waals surface area (Å²) in [6.45, 7) is 3.83. The van der Waals surface area contributed by atoms with Crippen LogP contribution in [0.25, 0.3) is 10.2 Å². The molecule has 0 fully saturated rings. The fourth-order valence-corrected chi connectivity index (χ4v) is 2.35. The van der Waals surface area contributed by atoms with Gasteiger partial charge in [0.05, 0.1) is 5.39 Å². The van der Waals surface area contributed by atoms with Gasteiger partial charge in [0.15, 0.2) is 0 Å². The molecule has 0 radical (unpaired) electrons. The standard InChI is InChI=1S/C8H10N4OS/c1-3-4(2)14-6-5(3)7(13)12(10)8(9)11-6/h10H2,1-2H3,(H2,9,11). The molecule has 4 N–H and O–H groups in total. The first-order valence-corrected chi connectivity index (χ1v) is 4.87. The molecule has 2 aromatic rings. The quantitative estimate of drug-likeness (QED) is 0.615. The van der Waals surface area contributed by atoms with Crippen LogP contribution in [0, 0.1) is 13.8 Å². The maximum Gasteiger partial charge on any atom is 0.282 e. The van der Waals surface area contributed by atoms with E-state index in [2.05, 4.69) is 4.98 Å². The highest BCUT2D eigenvalue weighted by molar-refractivity contribution is 7.18. The lowest BCUT2D eigenvalue weighted by Crippen LogP contribution is -2.30. The Kier molecular flexibility index (Phi) is 1.75. The van der Waals surface area contributed by atoms with Gasteiger partial charge in [0.25, 0.3) is 5.56 Å². The molecule has 6 heteroatoms. The summed E-state index contributed by atoms with van der Waals surface area (Å²) in [4.78, 5) is 17.5. The molecule has 0 saturated carbocycles. The van der Waals surface area contributed by atoms with Crippen molar-refractivity contribution in [1.29, 1.82) is 0 Å². The number of rotatable bonds is 0. The summed E-state index contributed by atoms with van der Waals surface area (Å²) in [5, 5.41) is 0.573. The molecule has 5 nitrogen and oxygen atoms in total. The van der Waals surface area contributed by atoms with Crippen LogP contribution in [-0.4, -0.2) is 9.66 Å². The zero-order valence-corrected chi connectivity index (χ0v) is 8.68. The number of aryl methyl sites for hydroxylation is 2. The fourth-order valence-electron chi connectivity index (χ4n) is 1.32. The molecule has 2 rings (SSSR count). The number of anilines is 1. The topological polar surface area (TPSA) is 86.9 Å². The summed E-state index contributed by atoms with van der Waals surface area (Å²) in [5.74, 6) is 5.49. The monoisotopic (exact) mass is 210 g/mol. The van der Waals surface area contributed by atoms with Gasteiger partial charge in [0, 0.05) is 4.88 Å². The molecule has 2 heterocycles. The number of hydrogen-bond acceptors (Lipinski definition) is 5.